The summed E-state index contributed by atoms with van der Waals surface area (Å²) in [5.41, 5.74) is -1.43. The normalized spacial score (nSPS) is 15.2. The number of thioether (sulfide) groups is 1. The standard InChI is InChI=1S/C15H18F4N2O2S/c1-15(2,3)23-14(22)20-7-5-21(6-7)12-8(16)10(18)13(24-4)11(19)9(12)17/h7H,5-6H2,1-4H3,(H,20,22). The Balaban J connectivity index is 2.08. The van der Waals surface area contributed by atoms with E-state index in [1.165, 1.54) is 6.26 Å². The molecule has 1 heterocycles. The van der Waals surface area contributed by atoms with Crippen molar-refractivity contribution in [3.63, 3.8) is 0 Å². The zero-order chi connectivity index (χ0) is 18.2. The summed E-state index contributed by atoms with van der Waals surface area (Å²) in [6.45, 7) is 5.13. The van der Waals surface area contributed by atoms with Crippen LogP contribution >= 0.6 is 11.8 Å². The van der Waals surface area contributed by atoms with Crippen LogP contribution in [-0.2, 0) is 4.74 Å². The number of amides is 1. The molecule has 0 aliphatic carbocycles. The van der Waals surface area contributed by atoms with Gasteiger partial charge in [0.2, 0.25) is 0 Å². The number of carbonyl (C=O) groups excluding carboxylic acids is 1. The smallest absolute Gasteiger partial charge is 0.407 e. The van der Waals surface area contributed by atoms with Gasteiger partial charge in [0.05, 0.1) is 10.9 Å². The fourth-order valence-corrected chi connectivity index (χ4v) is 2.82. The van der Waals surface area contributed by atoms with E-state index in [0.29, 0.717) is 11.8 Å². The number of hydrogen-bond acceptors (Lipinski definition) is 4. The zero-order valence-corrected chi connectivity index (χ0v) is 14.5. The molecule has 0 unspecified atom stereocenters. The number of nitrogens with one attached hydrogen (secondary N) is 1. The Hall–Kier alpha value is -1.64. The fraction of sp³-hybridized carbons (Fsp3) is 0.533. The molecule has 2 rings (SSSR count). The quantitative estimate of drug-likeness (QED) is 0.503. The fourth-order valence-electron chi connectivity index (χ4n) is 2.28. The Bertz CT molecular complexity index is 629. The molecule has 0 atom stereocenters. The molecule has 1 aliphatic heterocycles. The molecule has 1 aromatic rings. The number of halogens is 4. The predicted molar refractivity (Wildman–Crippen MR) is 83.4 cm³/mol. The maximum atomic E-state index is 14.0. The number of nitrogens with zero attached hydrogens (tertiary/aromatic N) is 1. The van der Waals surface area contributed by atoms with Gasteiger partial charge in [-0.3, -0.25) is 0 Å². The molecule has 0 radical (unpaired) electrons. The lowest BCUT2D eigenvalue weighted by molar-refractivity contribution is 0.0496. The van der Waals surface area contributed by atoms with Crippen molar-refractivity contribution in [1.29, 1.82) is 0 Å². The Morgan fingerprint density at radius 1 is 1.12 bits per heavy atom. The molecule has 1 amide bonds. The number of rotatable bonds is 3. The number of alkyl carbamates (subject to hydrolysis) is 1. The van der Waals surface area contributed by atoms with E-state index in [-0.39, 0.29) is 13.1 Å². The second kappa shape index (κ2) is 6.70. The van der Waals surface area contributed by atoms with Crippen molar-refractivity contribution in [3.05, 3.63) is 23.3 Å². The first-order valence-corrected chi connectivity index (χ1v) is 8.42. The van der Waals surface area contributed by atoms with Crippen molar-refractivity contribution in [2.45, 2.75) is 37.3 Å². The van der Waals surface area contributed by atoms with Crippen LogP contribution in [0, 0.1) is 23.3 Å². The van der Waals surface area contributed by atoms with Gasteiger partial charge in [-0.2, -0.15) is 0 Å². The van der Waals surface area contributed by atoms with E-state index in [0.717, 1.165) is 4.90 Å². The Morgan fingerprint density at radius 3 is 2.04 bits per heavy atom. The Kier molecular flexibility index (Phi) is 5.22. The molecule has 1 aromatic carbocycles. The summed E-state index contributed by atoms with van der Waals surface area (Å²) in [7, 11) is 0. The zero-order valence-electron chi connectivity index (χ0n) is 13.7. The monoisotopic (exact) mass is 366 g/mol. The Morgan fingerprint density at radius 2 is 1.62 bits per heavy atom. The van der Waals surface area contributed by atoms with Gasteiger partial charge >= 0.3 is 6.09 Å². The van der Waals surface area contributed by atoms with Crippen LogP contribution in [0.25, 0.3) is 0 Å². The molecule has 1 aliphatic rings. The van der Waals surface area contributed by atoms with E-state index in [4.69, 9.17) is 4.74 Å². The van der Waals surface area contributed by atoms with Gasteiger partial charge in [-0.25, -0.2) is 22.4 Å². The van der Waals surface area contributed by atoms with E-state index in [1.807, 2.05) is 0 Å². The maximum Gasteiger partial charge on any atom is 0.407 e. The molecule has 0 saturated carbocycles. The summed E-state index contributed by atoms with van der Waals surface area (Å²) in [5, 5.41) is 2.52. The number of ether oxygens (including phenoxy) is 1. The molecule has 9 heteroatoms. The Labute approximate surface area is 141 Å². The molecule has 0 aromatic heterocycles. The second-order valence-electron chi connectivity index (χ2n) is 6.39. The van der Waals surface area contributed by atoms with E-state index < -0.39 is 51.6 Å². The highest BCUT2D eigenvalue weighted by Gasteiger charge is 2.36. The molecule has 1 fully saturated rings. The van der Waals surface area contributed by atoms with Crippen LogP contribution in [0.15, 0.2) is 4.90 Å². The molecular weight excluding hydrogens is 348 g/mol. The van der Waals surface area contributed by atoms with E-state index in [9.17, 15) is 22.4 Å². The topological polar surface area (TPSA) is 41.6 Å². The highest BCUT2D eigenvalue weighted by atomic mass is 32.2. The lowest BCUT2D eigenvalue weighted by Crippen LogP contribution is -2.60. The van der Waals surface area contributed by atoms with Crippen LogP contribution in [0.3, 0.4) is 0 Å². The average Bonchev–Trinajstić information content (AvgIpc) is 2.41. The summed E-state index contributed by atoms with van der Waals surface area (Å²) in [4.78, 5) is 12.0. The molecule has 0 spiro atoms. The third kappa shape index (κ3) is 3.71. The molecule has 1 saturated heterocycles. The van der Waals surface area contributed by atoms with Gasteiger partial charge < -0.3 is 15.0 Å². The number of anilines is 1. The highest BCUT2D eigenvalue weighted by molar-refractivity contribution is 7.98. The molecule has 1 N–H and O–H groups in total. The number of hydrogen-bond donors (Lipinski definition) is 1. The van der Waals surface area contributed by atoms with Crippen molar-refractivity contribution < 1.29 is 27.1 Å². The van der Waals surface area contributed by atoms with Crippen molar-refractivity contribution in [3.8, 4) is 0 Å². The first-order chi connectivity index (χ1) is 11.0. The molecule has 24 heavy (non-hydrogen) atoms. The SMILES string of the molecule is CSc1c(F)c(F)c(N2CC(NC(=O)OC(C)(C)C)C2)c(F)c1F. The van der Waals surface area contributed by atoms with Crippen LogP contribution in [-0.4, -0.2) is 37.1 Å². The molecule has 4 nitrogen and oxygen atoms in total. The van der Waals surface area contributed by atoms with E-state index in [1.54, 1.807) is 20.8 Å². The third-order valence-corrected chi connectivity index (χ3v) is 4.09. The largest absolute Gasteiger partial charge is 0.444 e. The summed E-state index contributed by atoms with van der Waals surface area (Å²) in [5.74, 6) is -5.71. The molecular formula is C15H18F4N2O2S. The molecule has 134 valence electrons. The van der Waals surface area contributed by atoms with Gasteiger partial charge in [0.1, 0.15) is 11.3 Å². The van der Waals surface area contributed by atoms with Gasteiger partial charge in [-0.1, -0.05) is 0 Å². The van der Waals surface area contributed by atoms with Crippen LogP contribution in [0.1, 0.15) is 20.8 Å². The van der Waals surface area contributed by atoms with Gasteiger partial charge in [0.15, 0.2) is 23.3 Å². The first-order valence-electron chi connectivity index (χ1n) is 7.19. The van der Waals surface area contributed by atoms with Crippen LogP contribution in [0.4, 0.5) is 28.0 Å². The van der Waals surface area contributed by atoms with Crippen molar-refractivity contribution in [1.82, 2.24) is 5.32 Å². The van der Waals surface area contributed by atoms with Crippen LogP contribution in [0.2, 0.25) is 0 Å². The first kappa shape index (κ1) is 18.7. The summed E-state index contributed by atoms with van der Waals surface area (Å²) in [6.07, 6.45) is 0.660. The third-order valence-electron chi connectivity index (χ3n) is 3.32. The van der Waals surface area contributed by atoms with E-state index in [2.05, 4.69) is 5.32 Å². The lowest BCUT2D eigenvalue weighted by atomic mass is 10.1. The van der Waals surface area contributed by atoms with Crippen molar-refractivity contribution >= 4 is 23.5 Å². The second-order valence-corrected chi connectivity index (χ2v) is 7.20. The van der Waals surface area contributed by atoms with E-state index >= 15 is 0 Å². The van der Waals surface area contributed by atoms with Crippen LogP contribution in [0.5, 0.6) is 0 Å². The minimum atomic E-state index is -1.44. The lowest BCUT2D eigenvalue weighted by Gasteiger charge is -2.41. The van der Waals surface area contributed by atoms with Crippen molar-refractivity contribution in [2.24, 2.45) is 0 Å². The van der Waals surface area contributed by atoms with Gasteiger partial charge in [-0.15, -0.1) is 11.8 Å². The predicted octanol–water partition coefficient (Wildman–Crippen LogP) is 3.68. The minimum absolute atomic E-state index is 0.0184. The minimum Gasteiger partial charge on any atom is -0.444 e. The summed E-state index contributed by atoms with van der Waals surface area (Å²) >= 11 is 0.589. The highest BCUT2D eigenvalue weighted by Crippen LogP contribution is 2.36. The van der Waals surface area contributed by atoms with Crippen LogP contribution < -0.4 is 10.2 Å². The average molecular weight is 366 g/mol. The maximum absolute atomic E-state index is 14.0. The summed E-state index contributed by atoms with van der Waals surface area (Å²) < 4.78 is 60.7. The van der Waals surface area contributed by atoms with Crippen molar-refractivity contribution in [2.75, 3.05) is 24.2 Å². The number of carbonyl (C=O) groups is 1. The summed E-state index contributed by atoms with van der Waals surface area (Å²) in [6, 6.07) is -0.426. The van der Waals surface area contributed by atoms with Gasteiger partial charge in [-0.05, 0) is 27.0 Å². The van der Waals surface area contributed by atoms with Gasteiger partial charge in [0, 0.05) is 13.1 Å². The van der Waals surface area contributed by atoms with Gasteiger partial charge in [0.25, 0.3) is 0 Å². The molecule has 0 bridgehead atoms. The number of benzene rings is 1.